The molecule has 4 rings (SSSR count). The molecule has 1 aromatic carbocycles. The van der Waals surface area contributed by atoms with Gasteiger partial charge in [0.15, 0.2) is 11.6 Å². The summed E-state index contributed by atoms with van der Waals surface area (Å²) in [4.78, 5) is 0. The molecule has 196 valence electrons. The molecular formula is C31H46F2O2. The lowest BCUT2D eigenvalue weighted by atomic mass is 9.73. The van der Waals surface area contributed by atoms with Crippen molar-refractivity contribution >= 4 is 0 Å². The second-order valence-electron chi connectivity index (χ2n) is 11.5. The lowest BCUT2D eigenvalue weighted by molar-refractivity contribution is -0.0442. The molecule has 0 radical (unpaired) electrons. The van der Waals surface area contributed by atoms with Crippen molar-refractivity contribution in [2.75, 3.05) is 13.2 Å². The molecule has 0 bridgehead atoms. The van der Waals surface area contributed by atoms with Gasteiger partial charge in [-0.25, -0.2) is 4.39 Å². The molecule has 0 spiro atoms. The first kappa shape index (κ1) is 26.6. The number of allylic oxidation sites excluding steroid dienone is 1. The average molecular weight is 489 g/mol. The molecule has 2 saturated carbocycles. The monoisotopic (exact) mass is 488 g/mol. The third-order valence-corrected chi connectivity index (χ3v) is 9.27. The molecule has 1 saturated heterocycles. The molecule has 1 heterocycles. The number of hydrogen-bond acceptors (Lipinski definition) is 2. The van der Waals surface area contributed by atoms with Crippen LogP contribution < -0.4 is 4.74 Å². The maximum atomic E-state index is 14.6. The quantitative estimate of drug-likeness (QED) is 0.306. The van der Waals surface area contributed by atoms with Crippen LogP contribution in [0.1, 0.15) is 108 Å². The molecule has 0 aromatic heterocycles. The minimum absolute atomic E-state index is 0.00341. The minimum atomic E-state index is -0.870. The molecule has 1 aliphatic heterocycles. The van der Waals surface area contributed by atoms with Crippen molar-refractivity contribution in [3.8, 4) is 5.75 Å². The maximum Gasteiger partial charge on any atom is 0.200 e. The third-order valence-electron chi connectivity index (χ3n) is 9.27. The Kier molecular flexibility index (Phi) is 10.1. The molecule has 35 heavy (non-hydrogen) atoms. The Morgan fingerprint density at radius 2 is 1.49 bits per heavy atom. The van der Waals surface area contributed by atoms with Crippen molar-refractivity contribution in [2.45, 2.75) is 109 Å². The van der Waals surface area contributed by atoms with Crippen LogP contribution in [0.2, 0.25) is 0 Å². The minimum Gasteiger partial charge on any atom is -0.491 e. The van der Waals surface area contributed by atoms with Gasteiger partial charge < -0.3 is 9.47 Å². The van der Waals surface area contributed by atoms with E-state index in [9.17, 15) is 8.78 Å². The summed E-state index contributed by atoms with van der Waals surface area (Å²) >= 11 is 0. The van der Waals surface area contributed by atoms with E-state index in [1.165, 1.54) is 77.0 Å². The van der Waals surface area contributed by atoms with Crippen LogP contribution in [0.4, 0.5) is 8.78 Å². The Hall–Kier alpha value is -1.42. The fourth-order valence-corrected chi connectivity index (χ4v) is 7.00. The van der Waals surface area contributed by atoms with E-state index >= 15 is 0 Å². The van der Waals surface area contributed by atoms with E-state index in [4.69, 9.17) is 9.47 Å². The van der Waals surface area contributed by atoms with Crippen LogP contribution in [0, 0.1) is 35.3 Å². The van der Waals surface area contributed by atoms with Gasteiger partial charge in [-0.2, -0.15) is 4.39 Å². The molecule has 0 amide bonds. The highest BCUT2D eigenvalue weighted by atomic mass is 19.2. The molecule has 2 atom stereocenters. The summed E-state index contributed by atoms with van der Waals surface area (Å²) in [5, 5.41) is 0. The van der Waals surface area contributed by atoms with Gasteiger partial charge in [-0.3, -0.25) is 0 Å². The summed E-state index contributed by atoms with van der Waals surface area (Å²) in [7, 11) is 0. The Balaban J connectivity index is 1.15. The van der Waals surface area contributed by atoms with Crippen LogP contribution in [0.3, 0.4) is 0 Å². The van der Waals surface area contributed by atoms with Crippen molar-refractivity contribution in [2.24, 2.45) is 23.7 Å². The number of halogens is 2. The normalized spacial score (nSPS) is 31.7. The fourth-order valence-electron chi connectivity index (χ4n) is 7.00. The van der Waals surface area contributed by atoms with Gasteiger partial charge in [0.2, 0.25) is 5.82 Å². The highest BCUT2D eigenvalue weighted by Gasteiger charge is 2.33. The van der Waals surface area contributed by atoms with E-state index in [0.29, 0.717) is 24.7 Å². The Morgan fingerprint density at radius 1 is 0.857 bits per heavy atom. The predicted molar refractivity (Wildman–Crippen MR) is 139 cm³/mol. The highest BCUT2D eigenvalue weighted by molar-refractivity contribution is 5.33. The van der Waals surface area contributed by atoms with Crippen LogP contribution in [0.5, 0.6) is 5.75 Å². The molecule has 2 nitrogen and oxygen atoms in total. The second-order valence-corrected chi connectivity index (χ2v) is 11.5. The standard InChI is InChI=1S/C31H46F2O2/c1-3-5-6-22-7-9-23(10-8-22)11-12-24-13-15-25(16-14-24)28-19-17-26(21-35-28)27-18-20-29(34-4-2)31(33)30(27)32/h3,18,20,22-26,28H,1,4-17,19,21H2,2H3. The van der Waals surface area contributed by atoms with Crippen molar-refractivity contribution in [1.82, 2.24) is 0 Å². The zero-order valence-corrected chi connectivity index (χ0v) is 21.8. The predicted octanol–water partition coefficient (Wildman–Crippen LogP) is 8.99. The second kappa shape index (κ2) is 13.2. The van der Waals surface area contributed by atoms with Gasteiger partial charge in [0.25, 0.3) is 0 Å². The first-order valence-electron chi connectivity index (χ1n) is 14.4. The van der Waals surface area contributed by atoms with Crippen LogP contribution in [0.25, 0.3) is 0 Å². The Labute approximate surface area is 211 Å². The third kappa shape index (κ3) is 7.08. The Bertz CT molecular complexity index is 785. The molecule has 2 aliphatic carbocycles. The lowest BCUT2D eigenvalue weighted by Gasteiger charge is -2.38. The van der Waals surface area contributed by atoms with Crippen LogP contribution in [-0.2, 0) is 4.74 Å². The van der Waals surface area contributed by atoms with E-state index in [0.717, 1.165) is 30.6 Å². The van der Waals surface area contributed by atoms with Crippen molar-refractivity contribution in [3.05, 3.63) is 42.0 Å². The SMILES string of the molecule is C=CCCC1CCC(CCC2CCC(C3CCC(c4ccc(OCC)c(F)c4F)CO3)CC2)CC1. The van der Waals surface area contributed by atoms with Crippen molar-refractivity contribution < 1.29 is 18.3 Å². The smallest absolute Gasteiger partial charge is 0.200 e. The number of ether oxygens (including phenoxy) is 2. The van der Waals surface area contributed by atoms with Crippen LogP contribution in [-0.4, -0.2) is 19.3 Å². The largest absolute Gasteiger partial charge is 0.491 e. The van der Waals surface area contributed by atoms with Gasteiger partial charge in [0.05, 0.1) is 19.3 Å². The van der Waals surface area contributed by atoms with E-state index in [1.54, 1.807) is 19.1 Å². The fraction of sp³-hybridized carbons (Fsp3) is 0.742. The zero-order chi connectivity index (χ0) is 24.6. The summed E-state index contributed by atoms with van der Waals surface area (Å²) < 4.78 is 40.4. The molecule has 3 aliphatic rings. The first-order valence-corrected chi connectivity index (χ1v) is 14.4. The summed E-state index contributed by atoms with van der Waals surface area (Å²) in [6, 6.07) is 3.23. The van der Waals surface area contributed by atoms with Crippen molar-refractivity contribution in [3.63, 3.8) is 0 Å². The number of hydrogen-bond donors (Lipinski definition) is 0. The Morgan fingerprint density at radius 3 is 2.06 bits per heavy atom. The molecule has 0 N–H and O–H groups in total. The summed E-state index contributed by atoms with van der Waals surface area (Å²) in [6.45, 7) is 6.45. The lowest BCUT2D eigenvalue weighted by Crippen LogP contribution is -2.34. The van der Waals surface area contributed by atoms with Gasteiger partial charge in [0.1, 0.15) is 0 Å². The molecular weight excluding hydrogens is 442 g/mol. The average Bonchev–Trinajstić information content (AvgIpc) is 2.90. The van der Waals surface area contributed by atoms with Crippen molar-refractivity contribution in [1.29, 1.82) is 0 Å². The van der Waals surface area contributed by atoms with Gasteiger partial charge >= 0.3 is 0 Å². The maximum absolute atomic E-state index is 14.6. The van der Waals surface area contributed by atoms with E-state index in [-0.39, 0.29) is 17.8 Å². The summed E-state index contributed by atoms with van der Waals surface area (Å²) in [6.07, 6.45) is 20.5. The molecule has 2 unspecified atom stereocenters. The van der Waals surface area contributed by atoms with Gasteiger partial charge in [-0.05, 0) is 80.8 Å². The van der Waals surface area contributed by atoms with E-state index < -0.39 is 11.6 Å². The summed E-state index contributed by atoms with van der Waals surface area (Å²) in [5.74, 6) is 1.71. The number of benzene rings is 1. The molecule has 4 heteroatoms. The topological polar surface area (TPSA) is 18.5 Å². The van der Waals surface area contributed by atoms with E-state index in [1.807, 2.05) is 0 Å². The first-order chi connectivity index (χ1) is 17.1. The van der Waals surface area contributed by atoms with E-state index in [2.05, 4.69) is 12.7 Å². The van der Waals surface area contributed by atoms with Gasteiger partial charge in [0, 0.05) is 5.92 Å². The van der Waals surface area contributed by atoms with Gasteiger partial charge in [-0.1, -0.05) is 63.5 Å². The zero-order valence-electron chi connectivity index (χ0n) is 21.8. The molecule has 3 fully saturated rings. The highest BCUT2D eigenvalue weighted by Crippen LogP contribution is 2.41. The summed E-state index contributed by atoms with van der Waals surface area (Å²) in [5.41, 5.74) is 0.433. The van der Waals surface area contributed by atoms with Gasteiger partial charge in [-0.15, -0.1) is 6.58 Å². The molecule has 1 aromatic rings. The number of rotatable bonds is 10. The van der Waals surface area contributed by atoms with Crippen LogP contribution >= 0.6 is 0 Å². The van der Waals surface area contributed by atoms with Crippen LogP contribution in [0.15, 0.2) is 24.8 Å².